The summed E-state index contributed by atoms with van der Waals surface area (Å²) in [7, 11) is 0. The van der Waals surface area contributed by atoms with Crippen LogP contribution in [0.5, 0.6) is 0 Å². The van der Waals surface area contributed by atoms with Crippen LogP contribution in [0, 0.1) is 19.8 Å². The lowest BCUT2D eigenvalue weighted by molar-refractivity contribution is -0.136. The van der Waals surface area contributed by atoms with Crippen molar-refractivity contribution in [3.63, 3.8) is 0 Å². The third-order valence-corrected chi connectivity index (χ3v) is 13.0. The Morgan fingerprint density at radius 3 is 2.47 bits per heavy atom. The largest absolute Gasteiger partial charge is 0.368 e. The first-order valence-electron chi connectivity index (χ1n) is 19.3. The quantitative estimate of drug-likeness (QED) is 0.198. The molecule has 6 aliphatic rings. The number of piperazine rings is 1. The van der Waals surface area contributed by atoms with Crippen LogP contribution in [-0.4, -0.2) is 105 Å². The summed E-state index contributed by atoms with van der Waals surface area (Å²) in [6.45, 7) is 8.26. The molecular weight excluding hydrogens is 768 g/mol. The summed E-state index contributed by atoms with van der Waals surface area (Å²) >= 11 is 7.54. The number of rotatable bonds is 9. The number of amides is 5. The molecule has 294 valence electrons. The molecule has 2 aromatic carbocycles. The number of aryl methyl sites for hydroxylation is 2. The molecule has 5 amide bonds. The van der Waals surface area contributed by atoms with Gasteiger partial charge in [-0.1, -0.05) is 35.1 Å². The SMILES string of the molecule is Cc1nc(Nc2ncc(C(=O)Nc3c(C)cccc3Cl)s2)cc(N2CCC(CN3C4CC3CN(c3ccc5c(c3)C(=O)N(C3CCC(=O)NC3=O)C5=O)C4)CC2)n1. The number of nitrogens with zero attached hydrogens (tertiary/aromatic N) is 7. The lowest BCUT2D eigenvalue weighted by Crippen LogP contribution is -2.69. The Bertz CT molecular complexity index is 2300. The second kappa shape index (κ2) is 14.8. The lowest BCUT2D eigenvalue weighted by atomic mass is 9.84. The highest BCUT2D eigenvalue weighted by atomic mass is 35.5. The summed E-state index contributed by atoms with van der Waals surface area (Å²) in [4.78, 5) is 86.1. The van der Waals surface area contributed by atoms with E-state index < -0.39 is 29.7 Å². The highest BCUT2D eigenvalue weighted by Crippen LogP contribution is 2.39. The van der Waals surface area contributed by atoms with Gasteiger partial charge in [0.1, 0.15) is 28.4 Å². The van der Waals surface area contributed by atoms with Gasteiger partial charge < -0.3 is 20.4 Å². The van der Waals surface area contributed by atoms with Gasteiger partial charge in [-0.05, 0) is 75.3 Å². The first-order chi connectivity index (χ1) is 27.5. The smallest absolute Gasteiger partial charge is 0.267 e. The molecule has 0 spiro atoms. The Kier molecular flexibility index (Phi) is 9.65. The van der Waals surface area contributed by atoms with Gasteiger partial charge in [0.15, 0.2) is 5.13 Å². The van der Waals surface area contributed by atoms with Crippen LogP contribution in [-0.2, 0) is 9.59 Å². The Morgan fingerprint density at radius 1 is 0.947 bits per heavy atom. The minimum atomic E-state index is -0.974. The topological polar surface area (TPSA) is 173 Å². The molecule has 8 heterocycles. The molecule has 3 unspecified atom stereocenters. The number of anilines is 5. The number of hydrogen-bond donors (Lipinski definition) is 3. The van der Waals surface area contributed by atoms with E-state index in [0.29, 0.717) is 61.5 Å². The molecule has 0 saturated carbocycles. The molecule has 2 aromatic heterocycles. The summed E-state index contributed by atoms with van der Waals surface area (Å²) in [6.07, 6.45) is 5.00. The summed E-state index contributed by atoms with van der Waals surface area (Å²) in [5.41, 5.74) is 2.98. The minimum absolute atomic E-state index is 0.0916. The number of para-hydroxylation sites is 1. The zero-order valence-electron chi connectivity index (χ0n) is 31.5. The van der Waals surface area contributed by atoms with Gasteiger partial charge in [-0.25, -0.2) is 15.0 Å². The fourth-order valence-electron chi connectivity index (χ4n) is 8.78. The van der Waals surface area contributed by atoms with Crippen molar-refractivity contribution in [1.29, 1.82) is 0 Å². The van der Waals surface area contributed by atoms with E-state index in [1.54, 1.807) is 18.2 Å². The fraction of sp³-hybridized carbons (Fsp3) is 0.400. The monoisotopic (exact) mass is 808 g/mol. The summed E-state index contributed by atoms with van der Waals surface area (Å²) in [5.74, 6) is 0.440. The number of nitrogens with one attached hydrogen (secondary N) is 3. The van der Waals surface area contributed by atoms with E-state index in [-0.39, 0.29) is 18.7 Å². The predicted octanol–water partition coefficient (Wildman–Crippen LogP) is 4.78. The number of fused-ring (bicyclic) bond motifs is 3. The zero-order valence-corrected chi connectivity index (χ0v) is 33.0. The van der Waals surface area contributed by atoms with Crippen LogP contribution in [0.3, 0.4) is 0 Å². The number of carbonyl (C=O) groups is 5. The molecule has 5 saturated heterocycles. The maximum atomic E-state index is 13.4. The number of hydrogen-bond acceptors (Lipinski definition) is 13. The third kappa shape index (κ3) is 7.10. The Hall–Kier alpha value is -5.45. The maximum absolute atomic E-state index is 13.4. The molecule has 57 heavy (non-hydrogen) atoms. The third-order valence-electron chi connectivity index (χ3n) is 11.8. The number of piperidine rings is 3. The van der Waals surface area contributed by atoms with Crippen molar-refractivity contribution in [2.45, 2.75) is 64.1 Å². The highest BCUT2D eigenvalue weighted by Gasteiger charge is 2.47. The van der Waals surface area contributed by atoms with Gasteiger partial charge in [-0.15, -0.1) is 0 Å². The van der Waals surface area contributed by atoms with Crippen LogP contribution in [0.25, 0.3) is 0 Å². The standard InChI is InChI=1S/C40H41ClN10O5S/c1-21-4-3-5-29(41)35(21)47-37(54)31-17-42-40(57-31)45-32-16-33(44-22(2)43-32)48-12-10-23(11-13-48)18-50-25-14-26(50)20-49(19-25)24-6-7-27-28(15-24)39(56)51(38(27)55)30-8-9-34(52)46-36(30)53/h3-7,15-17,23,25-26,30H,8-14,18-20H2,1-2H3,(H,47,54)(H,46,52,53)(H,42,43,44,45). The number of halogens is 1. The van der Waals surface area contributed by atoms with Gasteiger partial charge in [0, 0.05) is 63.0 Å². The Labute approximate surface area is 337 Å². The highest BCUT2D eigenvalue weighted by molar-refractivity contribution is 7.17. The number of thiazole rings is 1. The molecule has 0 aliphatic carbocycles. The fourth-order valence-corrected chi connectivity index (χ4v) is 9.77. The molecule has 3 N–H and O–H groups in total. The first-order valence-corrected chi connectivity index (χ1v) is 20.4. The van der Waals surface area contributed by atoms with Crippen molar-refractivity contribution in [2.75, 3.05) is 53.2 Å². The van der Waals surface area contributed by atoms with Gasteiger partial charge in [0.05, 0.1) is 28.0 Å². The molecular formula is C40H41ClN10O5S. The van der Waals surface area contributed by atoms with E-state index in [4.69, 9.17) is 16.6 Å². The molecule has 6 aliphatic heterocycles. The van der Waals surface area contributed by atoms with Gasteiger partial charge in [0.25, 0.3) is 17.7 Å². The number of carbonyl (C=O) groups excluding carboxylic acids is 5. The second-order valence-electron chi connectivity index (χ2n) is 15.5. The van der Waals surface area contributed by atoms with Gasteiger partial charge in [-0.2, -0.15) is 0 Å². The van der Waals surface area contributed by atoms with Crippen molar-refractivity contribution >= 4 is 80.6 Å². The van der Waals surface area contributed by atoms with E-state index in [9.17, 15) is 24.0 Å². The molecule has 10 rings (SSSR count). The Morgan fingerprint density at radius 2 is 1.72 bits per heavy atom. The van der Waals surface area contributed by atoms with E-state index in [2.05, 4.69) is 40.6 Å². The number of benzene rings is 2. The summed E-state index contributed by atoms with van der Waals surface area (Å²) in [6, 6.07) is 12.7. The van der Waals surface area contributed by atoms with E-state index in [0.717, 1.165) is 74.0 Å². The molecule has 17 heteroatoms. The van der Waals surface area contributed by atoms with Crippen LogP contribution in [0.1, 0.15) is 73.9 Å². The van der Waals surface area contributed by atoms with Crippen LogP contribution in [0.2, 0.25) is 5.02 Å². The van der Waals surface area contributed by atoms with Crippen LogP contribution < -0.4 is 25.8 Å². The summed E-state index contributed by atoms with van der Waals surface area (Å²) < 4.78 is 0. The molecule has 5 fully saturated rings. The van der Waals surface area contributed by atoms with Crippen molar-refractivity contribution in [2.24, 2.45) is 5.92 Å². The Balaban J connectivity index is 0.775. The van der Waals surface area contributed by atoms with Crippen LogP contribution >= 0.6 is 22.9 Å². The normalized spacial score (nSPS) is 22.4. The number of aromatic nitrogens is 3. The molecule has 4 aromatic rings. The van der Waals surface area contributed by atoms with Crippen LogP contribution in [0.4, 0.5) is 28.1 Å². The molecule has 2 bridgehead atoms. The van der Waals surface area contributed by atoms with Crippen molar-refractivity contribution in [3.8, 4) is 0 Å². The van der Waals surface area contributed by atoms with Crippen molar-refractivity contribution in [3.05, 3.63) is 81.1 Å². The first kappa shape index (κ1) is 37.1. The van der Waals surface area contributed by atoms with Gasteiger partial charge in [-0.3, -0.25) is 39.1 Å². The molecule has 15 nitrogen and oxygen atoms in total. The second-order valence-corrected chi connectivity index (χ2v) is 16.9. The van der Waals surface area contributed by atoms with Crippen molar-refractivity contribution in [1.82, 2.24) is 30.1 Å². The van der Waals surface area contributed by atoms with Crippen LogP contribution in [0.15, 0.2) is 48.7 Å². The lowest BCUT2D eigenvalue weighted by Gasteiger charge is -2.58. The van der Waals surface area contributed by atoms with E-state index in [1.165, 1.54) is 17.5 Å². The average molecular weight is 809 g/mol. The van der Waals surface area contributed by atoms with E-state index in [1.807, 2.05) is 38.1 Å². The minimum Gasteiger partial charge on any atom is -0.368 e. The number of imide groups is 2. The van der Waals surface area contributed by atoms with Crippen molar-refractivity contribution < 1.29 is 24.0 Å². The molecule has 3 atom stereocenters. The summed E-state index contributed by atoms with van der Waals surface area (Å²) in [5, 5.41) is 9.44. The van der Waals surface area contributed by atoms with Gasteiger partial charge >= 0.3 is 0 Å². The average Bonchev–Trinajstić information content (AvgIpc) is 3.76. The maximum Gasteiger partial charge on any atom is 0.267 e. The van der Waals surface area contributed by atoms with E-state index >= 15 is 0 Å². The molecule has 0 radical (unpaired) electrons. The zero-order chi connectivity index (χ0) is 39.5. The predicted molar refractivity (Wildman–Crippen MR) is 215 cm³/mol. The van der Waals surface area contributed by atoms with Gasteiger partial charge in [0.2, 0.25) is 11.8 Å².